The van der Waals surface area contributed by atoms with Gasteiger partial charge in [-0.1, -0.05) is 13.8 Å². The molecule has 3 aromatic rings. The van der Waals surface area contributed by atoms with Crippen LogP contribution >= 0.6 is 12.4 Å². The molecule has 3 heterocycles. The highest BCUT2D eigenvalue weighted by Gasteiger charge is 2.20. The van der Waals surface area contributed by atoms with Crippen molar-refractivity contribution in [3.8, 4) is 6.07 Å². The molecule has 3 aromatic heterocycles. The number of hydrogen-bond donors (Lipinski definition) is 3. The summed E-state index contributed by atoms with van der Waals surface area (Å²) in [5.41, 5.74) is 7.69. The maximum atomic E-state index is 9.21. The van der Waals surface area contributed by atoms with Crippen LogP contribution in [0.15, 0.2) is 24.7 Å². The largest absolute Gasteiger partial charge is 0.373 e. The molecule has 0 fully saturated rings. The molecule has 4 N–H and O–H groups in total. The average molecular weight is 413 g/mol. The van der Waals surface area contributed by atoms with E-state index in [1.54, 1.807) is 12.4 Å². The molecule has 0 saturated heterocycles. The van der Waals surface area contributed by atoms with Gasteiger partial charge in [-0.2, -0.15) is 5.26 Å². The van der Waals surface area contributed by atoms with Crippen molar-refractivity contribution >= 4 is 40.6 Å². The van der Waals surface area contributed by atoms with Crippen LogP contribution in [0.1, 0.15) is 50.6 Å². The Balaban J connectivity index is 0.00000300. The zero-order valence-corrected chi connectivity index (χ0v) is 17.9. The highest BCUT2D eigenvalue weighted by atomic mass is 35.5. The number of fused-ring (bicyclic) bond motifs is 1. The number of nitriles is 1. The van der Waals surface area contributed by atoms with Gasteiger partial charge in [-0.3, -0.25) is 0 Å². The van der Waals surface area contributed by atoms with Crippen molar-refractivity contribution in [3.05, 3.63) is 41.6 Å². The van der Waals surface area contributed by atoms with Crippen LogP contribution < -0.4 is 16.4 Å². The zero-order valence-electron chi connectivity index (χ0n) is 17.1. The van der Waals surface area contributed by atoms with Gasteiger partial charge in [0.1, 0.15) is 23.5 Å². The molecule has 0 amide bonds. The Bertz CT molecular complexity index is 1070. The Hall–Kier alpha value is -3.02. The van der Waals surface area contributed by atoms with E-state index in [4.69, 9.17) is 5.73 Å². The van der Waals surface area contributed by atoms with Crippen LogP contribution in [0.25, 0.3) is 10.8 Å². The standard InChI is InChI=1S/C20H24N8.ClH/c1-11(2)18-15(7-21)24-10-17(28-18)27-16-6-12-13(8-25-16)19(23-5)26-9-14(12)20(3,4)22;/h6,8-11H,22H2,1-5H3,(H,23,26)(H,25,27,28);1H. The maximum absolute atomic E-state index is 9.21. The summed E-state index contributed by atoms with van der Waals surface area (Å²) in [4.78, 5) is 17.7. The smallest absolute Gasteiger partial charge is 0.162 e. The molecule has 0 atom stereocenters. The normalized spacial score (nSPS) is 11.1. The summed E-state index contributed by atoms with van der Waals surface area (Å²) in [5, 5.41) is 17.3. The number of anilines is 3. The summed E-state index contributed by atoms with van der Waals surface area (Å²) >= 11 is 0. The van der Waals surface area contributed by atoms with Crippen molar-refractivity contribution in [1.82, 2.24) is 19.9 Å². The van der Waals surface area contributed by atoms with Gasteiger partial charge >= 0.3 is 0 Å². The predicted molar refractivity (Wildman–Crippen MR) is 118 cm³/mol. The van der Waals surface area contributed by atoms with Crippen molar-refractivity contribution in [1.29, 1.82) is 5.26 Å². The van der Waals surface area contributed by atoms with E-state index in [1.165, 1.54) is 6.20 Å². The van der Waals surface area contributed by atoms with E-state index in [-0.39, 0.29) is 18.3 Å². The fourth-order valence-corrected chi connectivity index (χ4v) is 3.00. The molecule has 0 bridgehead atoms. The topological polar surface area (TPSA) is 125 Å². The first-order valence-electron chi connectivity index (χ1n) is 9.04. The number of pyridine rings is 2. The minimum Gasteiger partial charge on any atom is -0.373 e. The lowest BCUT2D eigenvalue weighted by Crippen LogP contribution is -2.29. The molecule has 9 heteroatoms. The molecule has 0 saturated carbocycles. The van der Waals surface area contributed by atoms with Gasteiger partial charge in [-0.15, -0.1) is 12.4 Å². The van der Waals surface area contributed by atoms with Gasteiger partial charge in [0.05, 0.1) is 11.9 Å². The lowest BCUT2D eigenvalue weighted by molar-refractivity contribution is 0.557. The van der Waals surface area contributed by atoms with E-state index < -0.39 is 5.54 Å². The number of aromatic nitrogens is 4. The first kappa shape index (κ1) is 22.3. The second kappa shape index (κ2) is 8.55. The third-order valence-electron chi connectivity index (χ3n) is 4.41. The number of nitrogens with one attached hydrogen (secondary N) is 2. The molecule has 0 aliphatic carbocycles. The SMILES string of the molecule is CNc1ncc(C(C)(C)N)c2cc(Nc3cnc(C#N)c(C(C)C)n3)ncc12.Cl. The predicted octanol–water partition coefficient (Wildman–Crippen LogP) is 3.82. The minimum absolute atomic E-state index is 0. The van der Waals surface area contributed by atoms with E-state index in [1.807, 2.05) is 40.8 Å². The fourth-order valence-electron chi connectivity index (χ4n) is 3.00. The molecule has 0 radical (unpaired) electrons. The van der Waals surface area contributed by atoms with Crippen molar-refractivity contribution in [2.24, 2.45) is 5.73 Å². The lowest BCUT2D eigenvalue weighted by atomic mass is 9.93. The average Bonchev–Trinajstić information content (AvgIpc) is 2.66. The number of hydrogen-bond acceptors (Lipinski definition) is 8. The van der Waals surface area contributed by atoms with Gasteiger partial charge in [0, 0.05) is 30.4 Å². The van der Waals surface area contributed by atoms with Crippen molar-refractivity contribution in [3.63, 3.8) is 0 Å². The van der Waals surface area contributed by atoms with Crippen LogP contribution in [-0.2, 0) is 5.54 Å². The van der Waals surface area contributed by atoms with Crippen LogP contribution in [0.4, 0.5) is 17.5 Å². The molecular weight excluding hydrogens is 388 g/mol. The van der Waals surface area contributed by atoms with Crippen LogP contribution in [0.3, 0.4) is 0 Å². The fraction of sp³-hybridized carbons (Fsp3) is 0.350. The zero-order chi connectivity index (χ0) is 20.5. The quantitative estimate of drug-likeness (QED) is 0.577. The Morgan fingerprint density at radius 2 is 1.79 bits per heavy atom. The monoisotopic (exact) mass is 412 g/mol. The molecule has 152 valence electrons. The Morgan fingerprint density at radius 1 is 1.07 bits per heavy atom. The number of nitrogens with two attached hydrogens (primary N) is 1. The summed E-state index contributed by atoms with van der Waals surface area (Å²) < 4.78 is 0. The molecule has 0 aliphatic heterocycles. The Labute approximate surface area is 176 Å². The van der Waals surface area contributed by atoms with Gasteiger partial charge in [-0.25, -0.2) is 19.9 Å². The summed E-state index contributed by atoms with van der Waals surface area (Å²) in [6.07, 6.45) is 5.08. The van der Waals surface area contributed by atoms with Gasteiger partial charge in [0.2, 0.25) is 0 Å². The Morgan fingerprint density at radius 3 is 2.38 bits per heavy atom. The third-order valence-corrected chi connectivity index (χ3v) is 4.41. The first-order chi connectivity index (χ1) is 13.2. The maximum Gasteiger partial charge on any atom is 0.162 e. The van der Waals surface area contributed by atoms with Crippen molar-refractivity contribution in [2.75, 3.05) is 17.7 Å². The molecule has 29 heavy (non-hydrogen) atoms. The molecular formula is C20H25ClN8. The highest BCUT2D eigenvalue weighted by molar-refractivity contribution is 5.95. The third kappa shape index (κ3) is 4.53. The number of nitrogens with zero attached hydrogens (tertiary/aromatic N) is 5. The lowest BCUT2D eigenvalue weighted by Gasteiger charge is -2.22. The molecule has 0 spiro atoms. The van der Waals surface area contributed by atoms with E-state index >= 15 is 0 Å². The van der Waals surface area contributed by atoms with Crippen LogP contribution in [0, 0.1) is 11.3 Å². The second-order valence-electron chi connectivity index (χ2n) is 7.49. The molecule has 3 rings (SSSR count). The molecule has 0 aliphatic rings. The van der Waals surface area contributed by atoms with Crippen LogP contribution in [0.2, 0.25) is 0 Å². The van der Waals surface area contributed by atoms with E-state index in [0.29, 0.717) is 23.0 Å². The van der Waals surface area contributed by atoms with Gasteiger partial charge in [-0.05, 0) is 36.8 Å². The minimum atomic E-state index is -0.560. The number of rotatable bonds is 5. The van der Waals surface area contributed by atoms with Crippen molar-refractivity contribution in [2.45, 2.75) is 39.2 Å². The van der Waals surface area contributed by atoms with E-state index in [0.717, 1.165) is 22.2 Å². The molecule has 8 nitrogen and oxygen atoms in total. The highest BCUT2D eigenvalue weighted by Crippen LogP contribution is 2.31. The summed E-state index contributed by atoms with van der Waals surface area (Å²) in [5.74, 6) is 1.97. The first-order valence-corrected chi connectivity index (χ1v) is 9.04. The summed E-state index contributed by atoms with van der Waals surface area (Å²) in [6.45, 7) is 7.84. The van der Waals surface area contributed by atoms with E-state index in [2.05, 4.69) is 36.6 Å². The molecule has 0 aromatic carbocycles. The van der Waals surface area contributed by atoms with Crippen LogP contribution in [-0.4, -0.2) is 27.0 Å². The summed E-state index contributed by atoms with van der Waals surface area (Å²) in [6, 6.07) is 4.01. The van der Waals surface area contributed by atoms with Gasteiger partial charge < -0.3 is 16.4 Å². The Kier molecular flexibility index (Phi) is 6.57. The summed E-state index contributed by atoms with van der Waals surface area (Å²) in [7, 11) is 1.82. The van der Waals surface area contributed by atoms with Gasteiger partial charge in [0.15, 0.2) is 5.69 Å². The van der Waals surface area contributed by atoms with Crippen LogP contribution in [0.5, 0.6) is 0 Å². The molecule has 0 unspecified atom stereocenters. The van der Waals surface area contributed by atoms with E-state index in [9.17, 15) is 5.26 Å². The second-order valence-corrected chi connectivity index (χ2v) is 7.49. The van der Waals surface area contributed by atoms with Gasteiger partial charge in [0.25, 0.3) is 0 Å². The van der Waals surface area contributed by atoms with Crippen molar-refractivity contribution < 1.29 is 0 Å². The number of halogens is 1.